The van der Waals surface area contributed by atoms with Crippen molar-refractivity contribution in [2.75, 3.05) is 4.31 Å². The summed E-state index contributed by atoms with van der Waals surface area (Å²) in [6.07, 6.45) is 0. The Labute approximate surface area is 111 Å². The van der Waals surface area contributed by atoms with Crippen LogP contribution in [0.15, 0.2) is 54.6 Å². The van der Waals surface area contributed by atoms with E-state index in [1.807, 2.05) is 0 Å². The summed E-state index contributed by atoms with van der Waals surface area (Å²) in [6, 6.07) is 13.8. The van der Waals surface area contributed by atoms with Crippen molar-refractivity contribution < 1.29 is 13.7 Å². The summed E-state index contributed by atoms with van der Waals surface area (Å²) in [4.78, 5) is 10.0. The van der Waals surface area contributed by atoms with E-state index in [2.05, 4.69) is 0 Å². The second-order valence-corrected chi connectivity index (χ2v) is 4.42. The standard InChI is InChI=1S/C12H10N2O4S/c15-14(16)12-8-6-11(7-9-12)13(19(17)18)10-4-2-1-3-5-10/h1-9H,(H,17,18)/p-1. The lowest BCUT2D eigenvalue weighted by Gasteiger charge is -2.26. The van der Waals surface area contributed by atoms with Crippen molar-refractivity contribution in [1.82, 2.24) is 0 Å². The normalized spacial score (nSPS) is 11.8. The molecule has 2 aromatic carbocycles. The third-order valence-electron chi connectivity index (χ3n) is 2.43. The van der Waals surface area contributed by atoms with Crippen LogP contribution in [0.4, 0.5) is 17.1 Å². The van der Waals surface area contributed by atoms with E-state index < -0.39 is 16.2 Å². The molecule has 0 saturated heterocycles. The molecule has 0 fully saturated rings. The van der Waals surface area contributed by atoms with E-state index in [-0.39, 0.29) is 5.69 Å². The van der Waals surface area contributed by atoms with Crippen LogP contribution in [-0.4, -0.2) is 13.7 Å². The molecule has 0 aliphatic rings. The van der Waals surface area contributed by atoms with Crippen molar-refractivity contribution in [3.05, 3.63) is 64.7 Å². The van der Waals surface area contributed by atoms with Gasteiger partial charge in [-0.2, -0.15) is 0 Å². The highest BCUT2D eigenvalue weighted by Crippen LogP contribution is 2.27. The molecule has 19 heavy (non-hydrogen) atoms. The van der Waals surface area contributed by atoms with E-state index >= 15 is 0 Å². The maximum atomic E-state index is 11.3. The minimum absolute atomic E-state index is 0.0894. The topological polar surface area (TPSA) is 86.5 Å². The van der Waals surface area contributed by atoms with Crippen LogP contribution in [-0.2, 0) is 11.3 Å². The maximum Gasteiger partial charge on any atom is 0.269 e. The first kappa shape index (κ1) is 13.2. The second-order valence-electron chi connectivity index (χ2n) is 3.62. The molecule has 0 saturated carbocycles. The first-order valence-corrected chi connectivity index (χ1v) is 6.32. The molecular formula is C12H9N2O4S-. The smallest absolute Gasteiger partial charge is 0.269 e. The van der Waals surface area contributed by atoms with Crippen molar-refractivity contribution in [3.63, 3.8) is 0 Å². The Morgan fingerprint density at radius 3 is 1.95 bits per heavy atom. The van der Waals surface area contributed by atoms with E-state index in [1.165, 1.54) is 24.3 Å². The summed E-state index contributed by atoms with van der Waals surface area (Å²) in [5.74, 6) is 0. The summed E-state index contributed by atoms with van der Waals surface area (Å²) in [6.45, 7) is 0. The van der Waals surface area contributed by atoms with E-state index in [9.17, 15) is 18.9 Å². The first-order chi connectivity index (χ1) is 9.09. The van der Waals surface area contributed by atoms with E-state index in [1.54, 1.807) is 30.3 Å². The Morgan fingerprint density at radius 1 is 0.947 bits per heavy atom. The zero-order valence-electron chi connectivity index (χ0n) is 9.63. The van der Waals surface area contributed by atoms with E-state index in [0.717, 1.165) is 4.31 Å². The van der Waals surface area contributed by atoms with Crippen molar-refractivity contribution in [1.29, 1.82) is 0 Å². The molecule has 0 N–H and O–H groups in total. The highest BCUT2D eigenvalue weighted by atomic mass is 32.2. The summed E-state index contributed by atoms with van der Waals surface area (Å²) in [5, 5.41) is 10.6. The number of rotatable bonds is 4. The third-order valence-corrected chi connectivity index (χ3v) is 3.15. The molecule has 0 aromatic heterocycles. The second kappa shape index (κ2) is 5.59. The van der Waals surface area contributed by atoms with Crippen molar-refractivity contribution in [2.45, 2.75) is 0 Å². The molecule has 1 unspecified atom stereocenters. The van der Waals surface area contributed by atoms with Gasteiger partial charge in [-0.25, -0.2) is 0 Å². The lowest BCUT2D eigenvalue weighted by molar-refractivity contribution is -0.384. The lowest BCUT2D eigenvalue weighted by Crippen LogP contribution is -2.19. The number of nitro benzene ring substituents is 1. The van der Waals surface area contributed by atoms with Crippen LogP contribution >= 0.6 is 0 Å². The minimum atomic E-state index is -2.51. The predicted molar refractivity (Wildman–Crippen MR) is 70.6 cm³/mol. The molecular weight excluding hydrogens is 268 g/mol. The summed E-state index contributed by atoms with van der Waals surface area (Å²) in [5.41, 5.74) is 0.711. The largest absolute Gasteiger partial charge is 0.755 e. The summed E-state index contributed by atoms with van der Waals surface area (Å²) >= 11 is -2.51. The molecule has 0 aliphatic carbocycles. The Balaban J connectivity index is 2.40. The van der Waals surface area contributed by atoms with Gasteiger partial charge < -0.3 is 4.55 Å². The molecule has 0 aliphatic heterocycles. The highest BCUT2D eigenvalue weighted by molar-refractivity contribution is 7.81. The number of para-hydroxylation sites is 1. The quantitative estimate of drug-likeness (QED) is 0.488. The maximum absolute atomic E-state index is 11.3. The zero-order valence-corrected chi connectivity index (χ0v) is 10.4. The number of benzene rings is 2. The Morgan fingerprint density at radius 2 is 1.47 bits per heavy atom. The Kier molecular flexibility index (Phi) is 3.88. The summed E-state index contributed by atoms with van der Waals surface area (Å²) in [7, 11) is 0. The monoisotopic (exact) mass is 277 g/mol. The average Bonchev–Trinajstić information content (AvgIpc) is 2.40. The molecule has 7 heteroatoms. The van der Waals surface area contributed by atoms with Gasteiger partial charge in [-0.15, -0.1) is 0 Å². The van der Waals surface area contributed by atoms with Gasteiger partial charge in [0.05, 0.1) is 27.6 Å². The fourth-order valence-electron chi connectivity index (χ4n) is 1.59. The molecule has 0 radical (unpaired) electrons. The highest BCUT2D eigenvalue weighted by Gasteiger charge is 2.11. The number of nitrogens with zero attached hydrogens (tertiary/aromatic N) is 2. The van der Waals surface area contributed by atoms with E-state index in [0.29, 0.717) is 11.4 Å². The van der Waals surface area contributed by atoms with Crippen LogP contribution in [0.3, 0.4) is 0 Å². The van der Waals surface area contributed by atoms with Gasteiger partial charge in [0.15, 0.2) is 0 Å². The number of nitro groups is 1. The average molecular weight is 277 g/mol. The van der Waals surface area contributed by atoms with Gasteiger partial charge >= 0.3 is 0 Å². The van der Waals surface area contributed by atoms with Gasteiger partial charge in [-0.05, 0) is 24.3 Å². The Hall–Kier alpha value is -2.25. The van der Waals surface area contributed by atoms with Crippen LogP contribution in [0, 0.1) is 10.1 Å². The molecule has 0 amide bonds. The summed E-state index contributed by atoms with van der Waals surface area (Å²) < 4.78 is 23.7. The molecule has 0 bridgehead atoms. The van der Waals surface area contributed by atoms with Gasteiger partial charge in [0.1, 0.15) is 0 Å². The van der Waals surface area contributed by atoms with Crippen molar-refractivity contribution >= 4 is 28.3 Å². The number of hydrogen-bond acceptors (Lipinski definition) is 4. The molecule has 1 atom stereocenters. The fourth-order valence-corrected chi connectivity index (χ4v) is 2.18. The van der Waals surface area contributed by atoms with Crippen LogP contribution in [0.1, 0.15) is 0 Å². The van der Waals surface area contributed by atoms with Crippen molar-refractivity contribution in [3.8, 4) is 0 Å². The van der Waals surface area contributed by atoms with Crippen LogP contribution in [0.2, 0.25) is 0 Å². The molecule has 0 spiro atoms. The first-order valence-electron chi connectivity index (χ1n) is 5.28. The van der Waals surface area contributed by atoms with Crippen LogP contribution in [0.5, 0.6) is 0 Å². The Bertz CT molecular complexity index is 601. The SMILES string of the molecule is O=[N+]([O-])c1ccc(N(c2ccccc2)S(=O)[O-])cc1. The van der Waals surface area contributed by atoms with Gasteiger partial charge in [0.2, 0.25) is 0 Å². The fraction of sp³-hybridized carbons (Fsp3) is 0. The molecule has 2 rings (SSSR count). The van der Waals surface area contributed by atoms with Gasteiger partial charge in [0.25, 0.3) is 5.69 Å². The predicted octanol–water partition coefficient (Wildman–Crippen LogP) is 2.53. The minimum Gasteiger partial charge on any atom is -0.755 e. The van der Waals surface area contributed by atoms with Crippen molar-refractivity contribution in [2.24, 2.45) is 0 Å². The van der Waals surface area contributed by atoms with Crippen LogP contribution in [0.25, 0.3) is 0 Å². The molecule has 0 heterocycles. The van der Waals surface area contributed by atoms with Gasteiger partial charge in [-0.1, -0.05) is 18.2 Å². The molecule has 2 aromatic rings. The zero-order chi connectivity index (χ0) is 13.8. The number of hydrogen-bond donors (Lipinski definition) is 0. The molecule has 98 valence electrons. The number of non-ortho nitro benzene ring substituents is 1. The third kappa shape index (κ3) is 2.95. The van der Waals surface area contributed by atoms with Crippen LogP contribution < -0.4 is 4.31 Å². The lowest BCUT2D eigenvalue weighted by atomic mass is 10.2. The number of anilines is 2. The van der Waals surface area contributed by atoms with Gasteiger partial charge in [-0.3, -0.25) is 18.6 Å². The molecule has 6 nitrogen and oxygen atoms in total. The van der Waals surface area contributed by atoms with Gasteiger partial charge in [0, 0.05) is 12.1 Å². The van der Waals surface area contributed by atoms with E-state index in [4.69, 9.17) is 0 Å².